The third-order valence-corrected chi connectivity index (χ3v) is 4.77. The lowest BCUT2D eigenvalue weighted by Gasteiger charge is -2.26. The number of hydrogen-bond donors (Lipinski definition) is 1. The molecule has 2 aromatic carbocycles. The van der Waals surface area contributed by atoms with Gasteiger partial charge in [-0.25, -0.2) is 4.79 Å². The van der Waals surface area contributed by atoms with Crippen molar-refractivity contribution in [1.82, 2.24) is 4.90 Å². The summed E-state index contributed by atoms with van der Waals surface area (Å²) >= 11 is 6.32. The number of amides is 2. The van der Waals surface area contributed by atoms with Crippen LogP contribution in [0, 0.1) is 0 Å². The fourth-order valence-corrected chi connectivity index (χ4v) is 3.43. The fraction of sp³-hybridized carbons (Fsp3) is 0.316. The average molecular weight is 361 g/mol. The number of carbonyl (C=O) groups is 1. The lowest BCUT2D eigenvalue weighted by molar-refractivity contribution is 0.207. The molecule has 0 bridgehead atoms. The number of ether oxygens (including phenoxy) is 2. The molecule has 1 aliphatic rings. The Bertz CT molecular complexity index is 766. The largest absolute Gasteiger partial charge is 0.497 e. The summed E-state index contributed by atoms with van der Waals surface area (Å²) in [5, 5.41) is 3.63. The van der Waals surface area contributed by atoms with Crippen LogP contribution in [0.3, 0.4) is 0 Å². The van der Waals surface area contributed by atoms with E-state index in [1.54, 1.807) is 32.4 Å². The van der Waals surface area contributed by atoms with E-state index < -0.39 is 0 Å². The quantitative estimate of drug-likeness (QED) is 0.857. The van der Waals surface area contributed by atoms with Crippen LogP contribution in [0.15, 0.2) is 42.5 Å². The Labute approximate surface area is 152 Å². The van der Waals surface area contributed by atoms with Crippen LogP contribution in [0.2, 0.25) is 5.02 Å². The van der Waals surface area contributed by atoms with E-state index in [0.717, 1.165) is 18.4 Å². The molecule has 1 atom stereocenters. The topological polar surface area (TPSA) is 50.8 Å². The predicted molar refractivity (Wildman–Crippen MR) is 98.7 cm³/mol. The van der Waals surface area contributed by atoms with Crippen LogP contribution in [0.4, 0.5) is 10.5 Å². The van der Waals surface area contributed by atoms with E-state index in [0.29, 0.717) is 28.8 Å². The van der Waals surface area contributed by atoms with Gasteiger partial charge < -0.3 is 19.7 Å². The lowest BCUT2D eigenvalue weighted by atomic mass is 10.0. The first-order valence-corrected chi connectivity index (χ1v) is 8.56. The maximum absolute atomic E-state index is 12.8. The van der Waals surface area contributed by atoms with Gasteiger partial charge in [-0.2, -0.15) is 0 Å². The van der Waals surface area contributed by atoms with Crippen LogP contribution in [0.25, 0.3) is 0 Å². The SMILES string of the molecule is COc1ccc(NC(=O)N2CCC[C@H]2c2ccccc2Cl)c(OC)c1. The van der Waals surface area contributed by atoms with Gasteiger partial charge in [0.2, 0.25) is 0 Å². The Balaban J connectivity index is 1.80. The van der Waals surface area contributed by atoms with Gasteiger partial charge in [0.15, 0.2) is 0 Å². The van der Waals surface area contributed by atoms with Crippen molar-refractivity contribution in [2.24, 2.45) is 0 Å². The molecule has 1 N–H and O–H groups in total. The van der Waals surface area contributed by atoms with Crippen LogP contribution in [-0.2, 0) is 0 Å². The highest BCUT2D eigenvalue weighted by Crippen LogP contribution is 2.37. The lowest BCUT2D eigenvalue weighted by Crippen LogP contribution is -2.34. The number of anilines is 1. The Morgan fingerprint density at radius 2 is 2.00 bits per heavy atom. The second-order valence-electron chi connectivity index (χ2n) is 5.87. The Morgan fingerprint density at radius 1 is 1.20 bits per heavy atom. The first kappa shape index (κ1) is 17.4. The van der Waals surface area contributed by atoms with Crippen molar-refractivity contribution in [3.63, 3.8) is 0 Å². The molecule has 0 saturated carbocycles. The number of hydrogen-bond acceptors (Lipinski definition) is 3. The van der Waals surface area contributed by atoms with Gasteiger partial charge in [-0.3, -0.25) is 0 Å². The Kier molecular flexibility index (Phi) is 5.34. The van der Waals surface area contributed by atoms with Gasteiger partial charge in [-0.1, -0.05) is 29.8 Å². The molecule has 2 amide bonds. The molecule has 1 fully saturated rings. The second kappa shape index (κ2) is 7.66. The molecule has 6 heteroatoms. The third kappa shape index (κ3) is 3.66. The summed E-state index contributed by atoms with van der Waals surface area (Å²) in [6.45, 7) is 0.695. The highest BCUT2D eigenvalue weighted by Gasteiger charge is 2.31. The number of carbonyl (C=O) groups excluding carboxylic acids is 1. The van der Waals surface area contributed by atoms with Gasteiger partial charge in [0, 0.05) is 17.6 Å². The number of methoxy groups -OCH3 is 2. The number of urea groups is 1. The zero-order valence-corrected chi connectivity index (χ0v) is 15.0. The van der Waals surface area contributed by atoms with Gasteiger partial charge in [0.1, 0.15) is 11.5 Å². The normalized spacial score (nSPS) is 16.6. The smallest absolute Gasteiger partial charge is 0.322 e. The van der Waals surface area contributed by atoms with E-state index in [4.69, 9.17) is 21.1 Å². The molecule has 0 aromatic heterocycles. The van der Waals surface area contributed by atoms with E-state index in [-0.39, 0.29) is 12.1 Å². The summed E-state index contributed by atoms with van der Waals surface area (Å²) in [6, 6.07) is 12.8. The van der Waals surface area contributed by atoms with Crippen molar-refractivity contribution in [1.29, 1.82) is 0 Å². The highest BCUT2D eigenvalue weighted by molar-refractivity contribution is 6.31. The summed E-state index contributed by atoms with van der Waals surface area (Å²) < 4.78 is 10.5. The molecule has 2 aromatic rings. The summed E-state index contributed by atoms with van der Waals surface area (Å²) in [5.74, 6) is 1.23. The van der Waals surface area contributed by atoms with Crippen LogP contribution in [0.1, 0.15) is 24.4 Å². The molecule has 1 saturated heterocycles. The number of nitrogens with one attached hydrogen (secondary N) is 1. The molecule has 0 radical (unpaired) electrons. The Morgan fingerprint density at radius 3 is 2.72 bits per heavy atom. The van der Waals surface area contributed by atoms with Gasteiger partial charge >= 0.3 is 6.03 Å². The zero-order valence-electron chi connectivity index (χ0n) is 14.3. The zero-order chi connectivity index (χ0) is 17.8. The highest BCUT2D eigenvalue weighted by atomic mass is 35.5. The molecule has 1 heterocycles. The summed E-state index contributed by atoms with van der Waals surface area (Å²) in [4.78, 5) is 14.6. The molecule has 0 aliphatic carbocycles. The number of halogens is 1. The maximum atomic E-state index is 12.8. The minimum Gasteiger partial charge on any atom is -0.497 e. The van der Waals surface area contributed by atoms with E-state index >= 15 is 0 Å². The molecule has 5 nitrogen and oxygen atoms in total. The van der Waals surface area contributed by atoms with E-state index in [1.165, 1.54) is 0 Å². The number of benzene rings is 2. The van der Waals surface area contributed by atoms with Crippen molar-refractivity contribution in [3.05, 3.63) is 53.1 Å². The second-order valence-corrected chi connectivity index (χ2v) is 6.28. The molecule has 1 aliphatic heterocycles. The van der Waals surface area contributed by atoms with Crippen molar-refractivity contribution in [2.75, 3.05) is 26.1 Å². The summed E-state index contributed by atoms with van der Waals surface area (Å²) in [6.07, 6.45) is 1.85. The molecule has 0 spiro atoms. The molecular formula is C19H21ClN2O3. The summed E-state index contributed by atoms with van der Waals surface area (Å²) in [7, 11) is 3.15. The minimum atomic E-state index is -0.161. The molecule has 25 heavy (non-hydrogen) atoms. The monoisotopic (exact) mass is 360 g/mol. The average Bonchev–Trinajstić information content (AvgIpc) is 3.12. The first-order valence-electron chi connectivity index (χ1n) is 8.18. The minimum absolute atomic E-state index is 0.0158. The van der Waals surface area contributed by atoms with Crippen LogP contribution < -0.4 is 14.8 Å². The van der Waals surface area contributed by atoms with E-state index in [1.807, 2.05) is 29.2 Å². The fourth-order valence-electron chi connectivity index (χ4n) is 3.17. The van der Waals surface area contributed by atoms with Crippen LogP contribution in [-0.4, -0.2) is 31.7 Å². The standard InChI is InChI=1S/C19H21ClN2O3/c1-24-13-9-10-16(18(12-13)25-2)21-19(23)22-11-5-8-17(22)14-6-3-4-7-15(14)20/h3-4,6-7,9-10,12,17H,5,8,11H2,1-2H3,(H,21,23)/t17-/m0/s1. The van der Waals surface area contributed by atoms with Gasteiger partial charge in [-0.15, -0.1) is 0 Å². The van der Waals surface area contributed by atoms with Crippen LogP contribution >= 0.6 is 11.6 Å². The van der Waals surface area contributed by atoms with Crippen LogP contribution in [0.5, 0.6) is 11.5 Å². The Hall–Kier alpha value is -2.40. The van der Waals surface area contributed by atoms with E-state index in [2.05, 4.69) is 5.32 Å². The van der Waals surface area contributed by atoms with Crippen molar-refractivity contribution in [3.8, 4) is 11.5 Å². The van der Waals surface area contributed by atoms with Crippen molar-refractivity contribution < 1.29 is 14.3 Å². The number of likely N-dealkylation sites (tertiary alicyclic amines) is 1. The van der Waals surface area contributed by atoms with Gasteiger partial charge in [0.05, 0.1) is 25.9 Å². The molecule has 132 valence electrons. The van der Waals surface area contributed by atoms with E-state index in [9.17, 15) is 4.79 Å². The molecule has 0 unspecified atom stereocenters. The van der Waals surface area contributed by atoms with Gasteiger partial charge in [0.25, 0.3) is 0 Å². The molecule has 3 rings (SSSR count). The van der Waals surface area contributed by atoms with Gasteiger partial charge in [-0.05, 0) is 36.6 Å². The summed E-state index contributed by atoms with van der Waals surface area (Å²) in [5.41, 5.74) is 1.59. The first-order chi connectivity index (χ1) is 12.1. The van der Waals surface area contributed by atoms with Crippen molar-refractivity contribution in [2.45, 2.75) is 18.9 Å². The number of rotatable bonds is 4. The number of nitrogens with zero attached hydrogens (tertiary/aromatic N) is 1. The maximum Gasteiger partial charge on any atom is 0.322 e. The predicted octanol–water partition coefficient (Wildman–Crippen LogP) is 4.73. The third-order valence-electron chi connectivity index (χ3n) is 4.43. The molecular weight excluding hydrogens is 340 g/mol. The van der Waals surface area contributed by atoms with Crippen molar-refractivity contribution >= 4 is 23.3 Å².